The molecular formula is C19H16F3IS. The second-order valence-electron chi connectivity index (χ2n) is 4.67. The van der Waals surface area contributed by atoms with Crippen molar-refractivity contribution in [1.82, 2.24) is 0 Å². The number of hydrogen-bond donors (Lipinski definition) is 0. The first-order valence-corrected chi connectivity index (χ1v) is 7.98. The Morgan fingerprint density at radius 1 is 0.583 bits per heavy atom. The summed E-state index contributed by atoms with van der Waals surface area (Å²) in [7, 11) is 0. The lowest BCUT2D eigenvalue weighted by Crippen LogP contribution is -1.84. The Labute approximate surface area is 160 Å². The third-order valence-electron chi connectivity index (χ3n) is 3.17. The zero-order chi connectivity index (χ0) is 16.7. The molecule has 0 heterocycles. The predicted molar refractivity (Wildman–Crippen MR) is 108 cm³/mol. The molecule has 3 rings (SSSR count). The van der Waals surface area contributed by atoms with Gasteiger partial charge in [-0.25, -0.2) is 0 Å². The van der Waals surface area contributed by atoms with Crippen molar-refractivity contribution < 1.29 is 13.2 Å². The van der Waals surface area contributed by atoms with E-state index in [0.29, 0.717) is 0 Å². The summed E-state index contributed by atoms with van der Waals surface area (Å²) in [6, 6.07) is 27.8. The van der Waals surface area contributed by atoms with E-state index in [1.165, 1.54) is 25.8 Å². The van der Waals surface area contributed by atoms with Gasteiger partial charge >= 0.3 is 6.68 Å². The minimum atomic E-state index is -3.67. The molecule has 0 spiro atoms. The molecule has 24 heavy (non-hydrogen) atoms. The SMILES string of the molecule is FC(F)F.Ic1ccc(-c2ccccc2-c2ccccc2)cc1.S. The summed E-state index contributed by atoms with van der Waals surface area (Å²) in [6.45, 7) is -3.67. The van der Waals surface area contributed by atoms with Gasteiger partial charge in [0.25, 0.3) is 0 Å². The van der Waals surface area contributed by atoms with Crippen molar-refractivity contribution in [2.75, 3.05) is 0 Å². The summed E-state index contributed by atoms with van der Waals surface area (Å²) >= 11 is 2.34. The highest BCUT2D eigenvalue weighted by Crippen LogP contribution is 2.31. The van der Waals surface area contributed by atoms with Crippen molar-refractivity contribution in [2.45, 2.75) is 6.68 Å². The molecule has 0 saturated heterocycles. The van der Waals surface area contributed by atoms with Crippen LogP contribution in [0.1, 0.15) is 0 Å². The van der Waals surface area contributed by atoms with E-state index in [0.717, 1.165) is 0 Å². The molecule has 0 bridgehead atoms. The highest BCUT2D eigenvalue weighted by atomic mass is 127. The van der Waals surface area contributed by atoms with Crippen LogP contribution in [0.15, 0.2) is 78.9 Å². The van der Waals surface area contributed by atoms with E-state index < -0.39 is 6.68 Å². The topological polar surface area (TPSA) is 0 Å². The molecule has 0 aliphatic heterocycles. The smallest absolute Gasteiger partial charge is 0.197 e. The fourth-order valence-electron chi connectivity index (χ4n) is 2.23. The van der Waals surface area contributed by atoms with Crippen LogP contribution in [0.4, 0.5) is 13.2 Å². The highest BCUT2D eigenvalue weighted by Gasteiger charge is 2.05. The van der Waals surface area contributed by atoms with Crippen molar-refractivity contribution in [2.24, 2.45) is 0 Å². The van der Waals surface area contributed by atoms with E-state index in [9.17, 15) is 13.2 Å². The maximum atomic E-state index is 9.67. The fraction of sp³-hybridized carbons (Fsp3) is 0.0526. The Morgan fingerprint density at radius 2 is 0.958 bits per heavy atom. The van der Waals surface area contributed by atoms with Crippen molar-refractivity contribution in [3.8, 4) is 22.3 Å². The van der Waals surface area contributed by atoms with Gasteiger partial charge in [0.15, 0.2) is 0 Å². The summed E-state index contributed by atoms with van der Waals surface area (Å²) in [5.41, 5.74) is 5.09. The molecule has 0 aliphatic carbocycles. The Bertz CT molecular complexity index is 728. The predicted octanol–water partition coefficient (Wildman–Crippen LogP) is 6.92. The molecule has 3 aromatic rings. The van der Waals surface area contributed by atoms with Gasteiger partial charge in [-0.15, -0.1) is 0 Å². The lowest BCUT2D eigenvalue weighted by molar-refractivity contribution is 0.00819. The standard InChI is InChI=1S/C18H13I.CHF3.H2S/c19-16-12-10-15(11-13-16)18-9-5-4-8-17(18)14-6-2-1-3-7-14;2-1(3)4;/h1-13H;1H;1H2. The van der Waals surface area contributed by atoms with Gasteiger partial charge in [0.2, 0.25) is 0 Å². The van der Waals surface area contributed by atoms with Crippen LogP contribution >= 0.6 is 36.1 Å². The van der Waals surface area contributed by atoms with Gasteiger partial charge in [-0.1, -0.05) is 66.7 Å². The molecule has 0 fully saturated rings. The minimum Gasteiger partial charge on any atom is -0.197 e. The van der Waals surface area contributed by atoms with Crippen LogP contribution in [0.5, 0.6) is 0 Å². The zero-order valence-corrected chi connectivity index (χ0v) is 15.8. The van der Waals surface area contributed by atoms with Crippen LogP contribution < -0.4 is 0 Å². The number of rotatable bonds is 2. The number of halogens is 4. The third-order valence-corrected chi connectivity index (χ3v) is 3.89. The molecular weight excluding hydrogens is 444 g/mol. The third kappa shape index (κ3) is 6.20. The molecule has 0 N–H and O–H groups in total. The molecule has 0 amide bonds. The zero-order valence-electron chi connectivity index (χ0n) is 12.6. The first-order chi connectivity index (χ1) is 11.1. The summed E-state index contributed by atoms with van der Waals surface area (Å²) < 4.78 is 30.3. The normalized spacial score (nSPS) is 9.71. The average Bonchev–Trinajstić information content (AvgIpc) is 2.56. The van der Waals surface area contributed by atoms with Crippen LogP contribution in [0.25, 0.3) is 22.3 Å². The maximum absolute atomic E-state index is 9.67. The van der Waals surface area contributed by atoms with Crippen LogP contribution in [0.2, 0.25) is 0 Å². The molecule has 0 nitrogen and oxygen atoms in total. The number of benzene rings is 3. The quantitative estimate of drug-likeness (QED) is 0.365. The van der Waals surface area contributed by atoms with Gasteiger partial charge in [-0.05, 0) is 57.0 Å². The van der Waals surface area contributed by atoms with Gasteiger partial charge in [-0.3, -0.25) is 0 Å². The van der Waals surface area contributed by atoms with Crippen LogP contribution in [0.3, 0.4) is 0 Å². The van der Waals surface area contributed by atoms with Crippen LogP contribution in [-0.2, 0) is 0 Å². The van der Waals surface area contributed by atoms with E-state index >= 15 is 0 Å². The van der Waals surface area contributed by atoms with E-state index in [1.54, 1.807) is 0 Å². The summed E-state index contributed by atoms with van der Waals surface area (Å²) in [5, 5.41) is 0. The van der Waals surface area contributed by atoms with Gasteiger partial charge in [0.1, 0.15) is 0 Å². The molecule has 0 aromatic heterocycles. The Hall–Kier alpha value is -1.47. The molecule has 3 aromatic carbocycles. The van der Waals surface area contributed by atoms with E-state index in [4.69, 9.17) is 0 Å². The molecule has 0 unspecified atom stereocenters. The Kier molecular flexibility index (Phi) is 8.92. The molecule has 0 atom stereocenters. The van der Waals surface area contributed by atoms with Crippen molar-refractivity contribution >= 4 is 36.1 Å². The monoisotopic (exact) mass is 460 g/mol. The Morgan fingerprint density at radius 3 is 1.42 bits per heavy atom. The first kappa shape index (κ1) is 20.6. The van der Waals surface area contributed by atoms with Gasteiger partial charge < -0.3 is 0 Å². The van der Waals surface area contributed by atoms with Gasteiger partial charge in [0.05, 0.1) is 0 Å². The largest absolute Gasteiger partial charge is 0.379 e. The molecule has 0 aliphatic rings. The van der Waals surface area contributed by atoms with Crippen LogP contribution in [-0.4, -0.2) is 6.68 Å². The second-order valence-corrected chi connectivity index (χ2v) is 5.91. The van der Waals surface area contributed by atoms with E-state index in [-0.39, 0.29) is 13.5 Å². The highest BCUT2D eigenvalue weighted by molar-refractivity contribution is 14.1. The molecule has 0 saturated carbocycles. The van der Waals surface area contributed by atoms with E-state index in [1.807, 2.05) is 0 Å². The lowest BCUT2D eigenvalue weighted by Gasteiger charge is -2.10. The van der Waals surface area contributed by atoms with Crippen molar-refractivity contribution in [3.05, 3.63) is 82.4 Å². The minimum absolute atomic E-state index is 0. The summed E-state index contributed by atoms with van der Waals surface area (Å²) in [4.78, 5) is 0. The van der Waals surface area contributed by atoms with Gasteiger partial charge in [-0.2, -0.15) is 26.7 Å². The molecule has 5 heteroatoms. The van der Waals surface area contributed by atoms with Crippen molar-refractivity contribution in [1.29, 1.82) is 0 Å². The van der Waals surface area contributed by atoms with E-state index in [2.05, 4.69) is 101 Å². The van der Waals surface area contributed by atoms with Crippen LogP contribution in [0, 0.1) is 3.57 Å². The van der Waals surface area contributed by atoms with Crippen molar-refractivity contribution in [3.63, 3.8) is 0 Å². The Balaban J connectivity index is 0.000000522. The molecule has 126 valence electrons. The fourth-order valence-corrected chi connectivity index (χ4v) is 2.59. The average molecular weight is 460 g/mol. The number of hydrogen-bond acceptors (Lipinski definition) is 0. The summed E-state index contributed by atoms with van der Waals surface area (Å²) in [6.07, 6.45) is 0. The lowest BCUT2D eigenvalue weighted by atomic mass is 9.95. The molecule has 0 radical (unpaired) electrons. The van der Waals surface area contributed by atoms with Gasteiger partial charge in [0, 0.05) is 3.57 Å². The first-order valence-electron chi connectivity index (χ1n) is 6.90. The maximum Gasteiger partial charge on any atom is 0.379 e. The second kappa shape index (κ2) is 10.4. The number of alkyl halides is 3. The summed E-state index contributed by atoms with van der Waals surface area (Å²) in [5.74, 6) is 0.